The lowest BCUT2D eigenvalue weighted by Crippen LogP contribution is -2.38. The van der Waals surface area contributed by atoms with E-state index in [0.29, 0.717) is 18.8 Å². The second kappa shape index (κ2) is 8.52. The summed E-state index contributed by atoms with van der Waals surface area (Å²) in [5.41, 5.74) is 0.490. The van der Waals surface area contributed by atoms with Crippen LogP contribution in [0.4, 0.5) is 10.5 Å². The average molecular weight is 341 g/mol. The summed E-state index contributed by atoms with van der Waals surface area (Å²) in [6, 6.07) is 5.55. The second-order valence-electron chi connectivity index (χ2n) is 5.25. The highest BCUT2D eigenvalue weighted by atomic mass is 32.2. The minimum atomic E-state index is -3.24. The van der Waals surface area contributed by atoms with E-state index in [1.807, 2.05) is 0 Å². The summed E-state index contributed by atoms with van der Waals surface area (Å²) >= 11 is 0. The van der Waals surface area contributed by atoms with Crippen LogP contribution in [0.25, 0.3) is 0 Å². The molecule has 23 heavy (non-hydrogen) atoms. The molecule has 0 atom stereocenters. The highest BCUT2D eigenvalue weighted by Gasteiger charge is 2.11. The van der Waals surface area contributed by atoms with Crippen molar-refractivity contribution in [2.75, 3.05) is 24.2 Å². The average Bonchev–Trinajstić information content (AvgIpc) is 2.51. The van der Waals surface area contributed by atoms with Gasteiger partial charge in [0.05, 0.1) is 10.6 Å². The van der Waals surface area contributed by atoms with Crippen LogP contribution in [0, 0.1) is 5.92 Å². The fourth-order valence-corrected chi connectivity index (χ4v) is 2.54. The molecule has 1 aromatic carbocycles. The molecule has 8 heteroatoms. The molecule has 0 aliphatic carbocycles. The normalized spacial score (nSPS) is 11.1. The minimum absolute atomic E-state index is 0.0301. The highest BCUT2D eigenvalue weighted by Crippen LogP contribution is 2.15. The van der Waals surface area contributed by atoms with Gasteiger partial charge in [-0.25, -0.2) is 13.2 Å². The van der Waals surface area contributed by atoms with Gasteiger partial charge in [-0.3, -0.25) is 4.79 Å². The monoisotopic (exact) mass is 341 g/mol. The van der Waals surface area contributed by atoms with Gasteiger partial charge >= 0.3 is 6.03 Å². The number of urea groups is 1. The van der Waals surface area contributed by atoms with Crippen LogP contribution in [-0.4, -0.2) is 39.2 Å². The predicted molar refractivity (Wildman–Crippen MR) is 89.0 cm³/mol. The van der Waals surface area contributed by atoms with Crippen LogP contribution in [0.1, 0.15) is 20.8 Å². The first kappa shape index (κ1) is 19.0. The van der Waals surface area contributed by atoms with Crippen molar-refractivity contribution in [3.8, 4) is 0 Å². The topological polar surface area (TPSA) is 104 Å². The predicted octanol–water partition coefficient (Wildman–Crippen LogP) is 1.37. The standard InChI is InChI=1S/C15H23N3O4S/c1-4-23(21,22)13-7-5-12(6-8-13)18-15(20)17-10-9-16-14(19)11(2)3/h5-8,11H,4,9-10H2,1-3H3,(H,16,19)(H2,17,18,20). The van der Waals surface area contributed by atoms with E-state index in [0.717, 1.165) is 0 Å². The fraction of sp³-hybridized carbons (Fsp3) is 0.467. The molecule has 128 valence electrons. The second-order valence-corrected chi connectivity index (χ2v) is 7.53. The minimum Gasteiger partial charge on any atom is -0.354 e. The summed E-state index contributed by atoms with van der Waals surface area (Å²) in [4.78, 5) is 23.2. The summed E-state index contributed by atoms with van der Waals surface area (Å²) in [5.74, 6) is -0.135. The van der Waals surface area contributed by atoms with Gasteiger partial charge in [-0.05, 0) is 24.3 Å². The van der Waals surface area contributed by atoms with Crippen LogP contribution in [-0.2, 0) is 14.6 Å². The molecular formula is C15H23N3O4S. The van der Waals surface area contributed by atoms with E-state index in [9.17, 15) is 18.0 Å². The molecule has 0 saturated carbocycles. The Labute approximate surface area is 136 Å². The van der Waals surface area contributed by atoms with Crippen molar-refractivity contribution in [2.24, 2.45) is 5.92 Å². The first-order valence-corrected chi connectivity index (χ1v) is 9.07. The molecular weight excluding hydrogens is 318 g/mol. The van der Waals surface area contributed by atoms with E-state index in [1.54, 1.807) is 20.8 Å². The number of carbonyl (C=O) groups is 2. The molecule has 0 saturated heterocycles. The fourth-order valence-electron chi connectivity index (χ4n) is 1.65. The molecule has 0 aliphatic heterocycles. The Hall–Kier alpha value is -2.09. The van der Waals surface area contributed by atoms with Gasteiger partial charge in [-0.2, -0.15) is 0 Å². The molecule has 0 fully saturated rings. The van der Waals surface area contributed by atoms with Crippen molar-refractivity contribution in [3.05, 3.63) is 24.3 Å². The maximum Gasteiger partial charge on any atom is 0.319 e. The third-order valence-electron chi connectivity index (χ3n) is 3.09. The molecule has 7 nitrogen and oxygen atoms in total. The molecule has 0 spiro atoms. The molecule has 1 aromatic rings. The number of carbonyl (C=O) groups excluding carboxylic acids is 2. The maximum absolute atomic E-state index is 11.7. The molecule has 0 aromatic heterocycles. The Balaban J connectivity index is 2.42. The van der Waals surface area contributed by atoms with Gasteiger partial charge in [0, 0.05) is 24.7 Å². The molecule has 0 bridgehead atoms. The zero-order valence-corrected chi connectivity index (χ0v) is 14.4. The highest BCUT2D eigenvalue weighted by molar-refractivity contribution is 7.91. The first-order valence-electron chi connectivity index (χ1n) is 7.41. The van der Waals surface area contributed by atoms with Crippen LogP contribution in [0.5, 0.6) is 0 Å². The molecule has 0 unspecified atom stereocenters. The zero-order valence-electron chi connectivity index (χ0n) is 13.5. The Morgan fingerprint density at radius 3 is 2.13 bits per heavy atom. The van der Waals surface area contributed by atoms with Crippen LogP contribution >= 0.6 is 0 Å². The van der Waals surface area contributed by atoms with E-state index in [-0.39, 0.29) is 22.5 Å². The van der Waals surface area contributed by atoms with Gasteiger partial charge in [0.2, 0.25) is 5.91 Å². The van der Waals surface area contributed by atoms with Gasteiger partial charge in [0.15, 0.2) is 9.84 Å². The van der Waals surface area contributed by atoms with E-state index in [4.69, 9.17) is 0 Å². The van der Waals surface area contributed by atoms with E-state index < -0.39 is 15.9 Å². The summed E-state index contributed by atoms with van der Waals surface area (Å²) in [5, 5.41) is 7.87. The largest absolute Gasteiger partial charge is 0.354 e. The summed E-state index contributed by atoms with van der Waals surface area (Å²) < 4.78 is 23.4. The summed E-state index contributed by atoms with van der Waals surface area (Å²) in [7, 11) is -3.24. The van der Waals surface area contributed by atoms with Crippen molar-refractivity contribution in [3.63, 3.8) is 0 Å². The van der Waals surface area contributed by atoms with Crippen molar-refractivity contribution in [2.45, 2.75) is 25.7 Å². The molecule has 0 aliphatic rings. The van der Waals surface area contributed by atoms with Gasteiger partial charge < -0.3 is 16.0 Å². The van der Waals surface area contributed by atoms with Gasteiger partial charge in [0.1, 0.15) is 0 Å². The molecule has 3 amide bonds. The third kappa shape index (κ3) is 6.27. The van der Waals surface area contributed by atoms with Crippen LogP contribution in [0.15, 0.2) is 29.2 Å². The number of hydrogen-bond donors (Lipinski definition) is 3. The number of hydrogen-bond acceptors (Lipinski definition) is 4. The lowest BCUT2D eigenvalue weighted by atomic mass is 10.2. The lowest BCUT2D eigenvalue weighted by molar-refractivity contribution is -0.123. The number of anilines is 1. The molecule has 0 heterocycles. The van der Waals surface area contributed by atoms with Crippen LogP contribution < -0.4 is 16.0 Å². The van der Waals surface area contributed by atoms with E-state index in [2.05, 4.69) is 16.0 Å². The van der Waals surface area contributed by atoms with Crippen LogP contribution in [0.3, 0.4) is 0 Å². The van der Waals surface area contributed by atoms with E-state index in [1.165, 1.54) is 24.3 Å². The van der Waals surface area contributed by atoms with Crippen LogP contribution in [0.2, 0.25) is 0 Å². The Morgan fingerprint density at radius 2 is 1.61 bits per heavy atom. The molecule has 1 rings (SSSR count). The number of nitrogens with one attached hydrogen (secondary N) is 3. The maximum atomic E-state index is 11.7. The molecule has 0 radical (unpaired) electrons. The number of benzene rings is 1. The van der Waals surface area contributed by atoms with Gasteiger partial charge in [-0.15, -0.1) is 0 Å². The zero-order chi connectivity index (χ0) is 17.5. The van der Waals surface area contributed by atoms with Crippen molar-refractivity contribution in [1.82, 2.24) is 10.6 Å². The lowest BCUT2D eigenvalue weighted by Gasteiger charge is -2.10. The summed E-state index contributed by atoms with van der Waals surface area (Å²) in [6.07, 6.45) is 0. The summed E-state index contributed by atoms with van der Waals surface area (Å²) in [6.45, 7) is 5.80. The number of rotatable bonds is 7. The van der Waals surface area contributed by atoms with Crippen molar-refractivity contribution >= 4 is 27.5 Å². The van der Waals surface area contributed by atoms with Crippen molar-refractivity contribution in [1.29, 1.82) is 0 Å². The Morgan fingerprint density at radius 1 is 1.04 bits per heavy atom. The number of sulfone groups is 1. The molecule has 3 N–H and O–H groups in total. The van der Waals surface area contributed by atoms with Gasteiger partial charge in [-0.1, -0.05) is 20.8 Å². The Kier molecular flexibility index (Phi) is 7.02. The SMILES string of the molecule is CCS(=O)(=O)c1ccc(NC(=O)NCCNC(=O)C(C)C)cc1. The smallest absolute Gasteiger partial charge is 0.319 e. The Bertz CT molecular complexity index is 639. The number of amides is 3. The quantitative estimate of drug-likeness (QED) is 0.652. The van der Waals surface area contributed by atoms with E-state index >= 15 is 0 Å². The third-order valence-corrected chi connectivity index (χ3v) is 4.84. The first-order chi connectivity index (χ1) is 10.8. The van der Waals surface area contributed by atoms with Crippen molar-refractivity contribution < 1.29 is 18.0 Å². The van der Waals surface area contributed by atoms with Gasteiger partial charge in [0.25, 0.3) is 0 Å².